The average Bonchev–Trinajstić information content (AvgIpc) is 3.10. The Balaban J connectivity index is 1.51. The fraction of sp³-hybridized carbons (Fsp3) is 0.529. The molecule has 0 aromatic heterocycles. The van der Waals surface area contributed by atoms with Crippen molar-refractivity contribution in [2.45, 2.75) is 12.8 Å². The summed E-state index contributed by atoms with van der Waals surface area (Å²) in [4.78, 5) is 30.8. The van der Waals surface area contributed by atoms with Crippen LogP contribution in [0, 0.1) is 3.57 Å². The Morgan fingerprint density at radius 1 is 0.913 bits per heavy atom. The maximum absolute atomic E-state index is 12.6. The van der Waals surface area contributed by atoms with Gasteiger partial charge in [0.15, 0.2) is 0 Å². The van der Waals surface area contributed by atoms with Gasteiger partial charge >= 0.3 is 0 Å². The number of likely N-dealkylation sites (tertiary alicyclic amines) is 1. The molecule has 0 spiro atoms. The van der Waals surface area contributed by atoms with Crippen molar-refractivity contribution in [3.05, 3.63) is 33.4 Å². The van der Waals surface area contributed by atoms with Crippen LogP contribution in [0.5, 0.6) is 0 Å². The summed E-state index contributed by atoms with van der Waals surface area (Å²) >= 11 is 2.21. The molecule has 0 radical (unpaired) electrons. The molecule has 5 nitrogen and oxygen atoms in total. The predicted octanol–water partition coefficient (Wildman–Crippen LogP) is 1.67. The minimum Gasteiger partial charge on any atom is -0.342 e. The van der Waals surface area contributed by atoms with E-state index in [1.165, 1.54) is 0 Å². The first kappa shape index (κ1) is 16.7. The van der Waals surface area contributed by atoms with Gasteiger partial charge in [-0.25, -0.2) is 0 Å². The predicted molar refractivity (Wildman–Crippen MR) is 97.3 cm³/mol. The Hall–Kier alpha value is -1.15. The SMILES string of the molecule is O=C(CN1CCN(C(=O)c2ccccc2I)CC1)N1CCCC1. The standard InChI is InChI=1S/C17H22IN3O2/c18-15-6-2-1-5-14(15)17(23)21-11-9-19(10-12-21)13-16(22)20-7-3-4-8-20/h1-2,5-6H,3-4,7-13H2. The normalized spacial score (nSPS) is 19.2. The molecule has 2 aliphatic heterocycles. The number of carbonyl (C=O) groups excluding carboxylic acids is 2. The molecule has 3 rings (SSSR count). The van der Waals surface area contributed by atoms with Gasteiger partial charge in [-0.05, 0) is 47.6 Å². The van der Waals surface area contributed by atoms with E-state index in [1.54, 1.807) is 0 Å². The maximum atomic E-state index is 12.6. The molecule has 0 unspecified atom stereocenters. The highest BCUT2D eigenvalue weighted by molar-refractivity contribution is 14.1. The van der Waals surface area contributed by atoms with Gasteiger partial charge in [-0.1, -0.05) is 12.1 Å². The Labute approximate surface area is 150 Å². The van der Waals surface area contributed by atoms with Gasteiger partial charge in [0.25, 0.3) is 5.91 Å². The second-order valence-corrected chi connectivity index (χ2v) is 7.30. The lowest BCUT2D eigenvalue weighted by Gasteiger charge is -2.35. The van der Waals surface area contributed by atoms with E-state index in [0.29, 0.717) is 19.6 Å². The quantitative estimate of drug-likeness (QED) is 0.690. The van der Waals surface area contributed by atoms with Crippen molar-refractivity contribution in [3.63, 3.8) is 0 Å². The van der Waals surface area contributed by atoms with Crippen molar-refractivity contribution in [1.29, 1.82) is 0 Å². The van der Waals surface area contributed by atoms with E-state index in [1.807, 2.05) is 34.1 Å². The zero-order chi connectivity index (χ0) is 16.2. The summed E-state index contributed by atoms with van der Waals surface area (Å²) in [5.41, 5.74) is 0.773. The largest absolute Gasteiger partial charge is 0.342 e. The molecule has 0 N–H and O–H groups in total. The van der Waals surface area contributed by atoms with Gasteiger partial charge in [-0.2, -0.15) is 0 Å². The van der Waals surface area contributed by atoms with Gasteiger partial charge in [0.05, 0.1) is 12.1 Å². The highest BCUT2D eigenvalue weighted by Gasteiger charge is 2.26. The van der Waals surface area contributed by atoms with E-state index in [-0.39, 0.29) is 11.8 Å². The molecule has 23 heavy (non-hydrogen) atoms. The van der Waals surface area contributed by atoms with Gasteiger partial charge in [-0.3, -0.25) is 14.5 Å². The first-order chi connectivity index (χ1) is 11.1. The van der Waals surface area contributed by atoms with Gasteiger partial charge in [0.2, 0.25) is 5.91 Å². The van der Waals surface area contributed by atoms with E-state index in [9.17, 15) is 9.59 Å². The summed E-state index contributed by atoms with van der Waals surface area (Å²) in [6.07, 6.45) is 2.26. The van der Waals surface area contributed by atoms with Crippen LogP contribution in [0.15, 0.2) is 24.3 Å². The van der Waals surface area contributed by atoms with Crippen LogP contribution in [0.3, 0.4) is 0 Å². The highest BCUT2D eigenvalue weighted by Crippen LogP contribution is 2.16. The number of nitrogens with zero attached hydrogens (tertiary/aromatic N) is 3. The molecule has 0 aliphatic carbocycles. The van der Waals surface area contributed by atoms with Crippen LogP contribution in [0.4, 0.5) is 0 Å². The summed E-state index contributed by atoms with van der Waals surface area (Å²) < 4.78 is 0.988. The van der Waals surface area contributed by atoms with E-state index in [2.05, 4.69) is 27.5 Å². The number of hydrogen-bond donors (Lipinski definition) is 0. The molecule has 1 aromatic carbocycles. The topological polar surface area (TPSA) is 43.9 Å². The minimum atomic E-state index is 0.0977. The van der Waals surface area contributed by atoms with E-state index >= 15 is 0 Å². The van der Waals surface area contributed by atoms with Crippen molar-refractivity contribution in [3.8, 4) is 0 Å². The molecule has 2 saturated heterocycles. The number of amides is 2. The van der Waals surface area contributed by atoms with Gasteiger partial charge in [-0.15, -0.1) is 0 Å². The molecule has 6 heteroatoms. The Morgan fingerprint density at radius 3 is 2.22 bits per heavy atom. The number of halogens is 1. The molecular formula is C17H22IN3O2. The molecule has 2 amide bonds. The van der Waals surface area contributed by atoms with Crippen molar-refractivity contribution in [2.24, 2.45) is 0 Å². The van der Waals surface area contributed by atoms with Crippen LogP contribution in [0.2, 0.25) is 0 Å². The third-order valence-electron chi connectivity index (χ3n) is 4.58. The summed E-state index contributed by atoms with van der Waals surface area (Å²) in [5.74, 6) is 0.334. The van der Waals surface area contributed by atoms with Gasteiger partial charge in [0.1, 0.15) is 0 Å². The van der Waals surface area contributed by atoms with Gasteiger partial charge in [0, 0.05) is 42.8 Å². The van der Waals surface area contributed by atoms with Crippen molar-refractivity contribution in [2.75, 3.05) is 45.8 Å². The molecule has 2 fully saturated rings. The van der Waals surface area contributed by atoms with Gasteiger partial charge < -0.3 is 9.80 Å². The zero-order valence-corrected chi connectivity index (χ0v) is 15.4. The second-order valence-electron chi connectivity index (χ2n) is 6.14. The van der Waals surface area contributed by atoms with Crippen LogP contribution in [-0.4, -0.2) is 72.3 Å². The Kier molecular flexibility index (Phi) is 5.53. The average molecular weight is 427 g/mol. The molecule has 2 heterocycles. The summed E-state index contributed by atoms with van der Waals surface area (Å²) in [5, 5.41) is 0. The van der Waals surface area contributed by atoms with Crippen molar-refractivity contribution in [1.82, 2.24) is 14.7 Å². The fourth-order valence-electron chi connectivity index (χ4n) is 3.17. The lowest BCUT2D eigenvalue weighted by molar-refractivity contribution is -0.131. The van der Waals surface area contributed by atoms with Crippen molar-refractivity contribution < 1.29 is 9.59 Å². The Bertz CT molecular complexity index is 579. The molecule has 0 bridgehead atoms. The summed E-state index contributed by atoms with van der Waals surface area (Å²) in [7, 11) is 0. The van der Waals surface area contributed by atoms with E-state index in [4.69, 9.17) is 0 Å². The van der Waals surface area contributed by atoms with Crippen LogP contribution >= 0.6 is 22.6 Å². The Morgan fingerprint density at radius 2 is 1.57 bits per heavy atom. The van der Waals surface area contributed by atoms with E-state index < -0.39 is 0 Å². The number of piperazine rings is 1. The summed E-state index contributed by atoms with van der Waals surface area (Å²) in [6, 6.07) is 7.69. The molecule has 1 aromatic rings. The molecule has 0 atom stereocenters. The molecule has 2 aliphatic rings. The maximum Gasteiger partial charge on any atom is 0.255 e. The molecule has 0 saturated carbocycles. The third kappa shape index (κ3) is 4.03. The third-order valence-corrected chi connectivity index (χ3v) is 5.52. The lowest BCUT2D eigenvalue weighted by atomic mass is 10.2. The van der Waals surface area contributed by atoms with Crippen molar-refractivity contribution >= 4 is 34.4 Å². The molecule has 124 valence electrons. The zero-order valence-electron chi connectivity index (χ0n) is 13.2. The van der Waals surface area contributed by atoms with E-state index in [0.717, 1.165) is 48.2 Å². The summed E-state index contributed by atoms with van der Waals surface area (Å²) in [6.45, 7) is 5.23. The second kappa shape index (κ2) is 7.61. The smallest absolute Gasteiger partial charge is 0.255 e. The number of benzene rings is 1. The monoisotopic (exact) mass is 427 g/mol. The van der Waals surface area contributed by atoms with Crippen LogP contribution in [0.1, 0.15) is 23.2 Å². The van der Waals surface area contributed by atoms with Crippen LogP contribution < -0.4 is 0 Å². The first-order valence-electron chi connectivity index (χ1n) is 8.19. The first-order valence-corrected chi connectivity index (χ1v) is 9.27. The fourth-order valence-corrected chi connectivity index (χ4v) is 3.79. The van der Waals surface area contributed by atoms with Crippen LogP contribution in [0.25, 0.3) is 0 Å². The lowest BCUT2D eigenvalue weighted by Crippen LogP contribution is -2.51. The molecular weight excluding hydrogens is 405 g/mol. The highest BCUT2D eigenvalue weighted by atomic mass is 127. The number of rotatable bonds is 3. The number of hydrogen-bond acceptors (Lipinski definition) is 3. The minimum absolute atomic E-state index is 0.0977. The number of carbonyl (C=O) groups is 2. The van der Waals surface area contributed by atoms with Crippen LogP contribution in [-0.2, 0) is 4.79 Å².